The standard InChI is InChI=1S/C26H28F3N3O3S/c1-4-18-15-30-24(31-16-18)32(17-20-7-11-22(12-8-20)36-26(27,28)29)14-13-19-5-9-21(10-6-19)35-25(2,3)23(33)34/h5-12,15-16H,4,13-14,17H2,1-3H3,(H,33,34). The summed E-state index contributed by atoms with van der Waals surface area (Å²) in [4.78, 5) is 22.4. The van der Waals surface area contributed by atoms with E-state index in [1.54, 1.807) is 36.7 Å². The fourth-order valence-corrected chi connectivity index (χ4v) is 3.83. The third-order valence-electron chi connectivity index (χ3n) is 5.39. The van der Waals surface area contributed by atoms with Crippen LogP contribution in [-0.4, -0.2) is 38.7 Å². The number of hydrogen-bond acceptors (Lipinski definition) is 6. The largest absolute Gasteiger partial charge is 0.478 e. The number of ether oxygens (including phenoxy) is 1. The van der Waals surface area contributed by atoms with Crippen molar-refractivity contribution >= 4 is 23.7 Å². The lowest BCUT2D eigenvalue weighted by atomic mass is 10.1. The average Bonchev–Trinajstić information content (AvgIpc) is 2.82. The first-order valence-electron chi connectivity index (χ1n) is 11.4. The Kier molecular flexibility index (Phi) is 8.84. The molecule has 0 bridgehead atoms. The van der Waals surface area contributed by atoms with Crippen LogP contribution in [0.2, 0.25) is 0 Å². The molecule has 0 unspecified atom stereocenters. The zero-order chi connectivity index (χ0) is 26.3. The molecule has 1 N–H and O–H groups in total. The Balaban J connectivity index is 1.72. The number of hydrogen-bond donors (Lipinski definition) is 1. The molecule has 0 atom stereocenters. The molecule has 0 spiro atoms. The number of aromatic nitrogens is 2. The predicted octanol–water partition coefficient (Wildman–Crippen LogP) is 6.14. The molecular formula is C26H28F3N3O3S. The van der Waals surface area contributed by atoms with Gasteiger partial charge < -0.3 is 14.7 Å². The zero-order valence-corrected chi connectivity index (χ0v) is 21.1. The first-order chi connectivity index (χ1) is 16.9. The van der Waals surface area contributed by atoms with Crippen molar-refractivity contribution in [1.82, 2.24) is 9.97 Å². The Morgan fingerprint density at radius 2 is 1.56 bits per heavy atom. The number of halogens is 3. The summed E-state index contributed by atoms with van der Waals surface area (Å²) >= 11 is -0.139. The van der Waals surface area contributed by atoms with Crippen LogP contribution in [0, 0.1) is 0 Å². The summed E-state index contributed by atoms with van der Waals surface area (Å²) < 4.78 is 43.5. The SMILES string of the molecule is CCc1cnc(N(CCc2ccc(OC(C)(C)C(=O)O)cc2)Cc2ccc(SC(F)(F)F)cc2)nc1. The van der Waals surface area contributed by atoms with Gasteiger partial charge in [0, 0.05) is 30.4 Å². The van der Waals surface area contributed by atoms with Crippen LogP contribution in [0.3, 0.4) is 0 Å². The maximum Gasteiger partial charge on any atom is 0.446 e. The Bertz CT molecular complexity index is 1140. The van der Waals surface area contributed by atoms with E-state index in [0.29, 0.717) is 31.2 Å². The number of aliphatic carboxylic acids is 1. The van der Waals surface area contributed by atoms with E-state index in [1.807, 2.05) is 24.0 Å². The van der Waals surface area contributed by atoms with Crippen molar-refractivity contribution in [1.29, 1.82) is 0 Å². The molecule has 0 radical (unpaired) electrons. The quantitative estimate of drug-likeness (QED) is 0.305. The number of aryl methyl sites for hydroxylation is 1. The maximum absolute atomic E-state index is 12.6. The number of benzene rings is 2. The van der Waals surface area contributed by atoms with Crippen molar-refractivity contribution in [3.63, 3.8) is 0 Å². The van der Waals surface area contributed by atoms with Crippen molar-refractivity contribution in [3.8, 4) is 5.75 Å². The minimum absolute atomic E-state index is 0.134. The van der Waals surface area contributed by atoms with Crippen LogP contribution >= 0.6 is 11.8 Å². The molecule has 0 amide bonds. The van der Waals surface area contributed by atoms with Gasteiger partial charge in [0.25, 0.3) is 0 Å². The second-order valence-corrected chi connectivity index (χ2v) is 9.81. The summed E-state index contributed by atoms with van der Waals surface area (Å²) in [6.45, 7) is 5.97. The number of rotatable bonds is 11. The minimum atomic E-state index is -4.33. The highest BCUT2D eigenvalue weighted by Gasteiger charge is 2.30. The van der Waals surface area contributed by atoms with Gasteiger partial charge in [-0.3, -0.25) is 0 Å². The van der Waals surface area contributed by atoms with E-state index < -0.39 is 17.1 Å². The smallest absolute Gasteiger partial charge is 0.446 e. The summed E-state index contributed by atoms with van der Waals surface area (Å²) in [6.07, 6.45) is 5.00. The van der Waals surface area contributed by atoms with Crippen LogP contribution in [0.5, 0.6) is 5.75 Å². The summed E-state index contributed by atoms with van der Waals surface area (Å²) in [5.74, 6) is -0.0660. The normalized spacial score (nSPS) is 11.8. The van der Waals surface area contributed by atoms with Crippen molar-refractivity contribution in [2.75, 3.05) is 11.4 Å². The van der Waals surface area contributed by atoms with Crippen molar-refractivity contribution in [3.05, 3.63) is 77.6 Å². The minimum Gasteiger partial charge on any atom is -0.478 e. The molecule has 10 heteroatoms. The van der Waals surface area contributed by atoms with E-state index in [9.17, 15) is 23.1 Å². The van der Waals surface area contributed by atoms with E-state index in [2.05, 4.69) is 9.97 Å². The molecule has 0 aliphatic carbocycles. The molecule has 36 heavy (non-hydrogen) atoms. The van der Waals surface area contributed by atoms with Gasteiger partial charge in [0.15, 0.2) is 5.60 Å². The van der Waals surface area contributed by atoms with Gasteiger partial charge in [-0.1, -0.05) is 31.2 Å². The van der Waals surface area contributed by atoms with Crippen LogP contribution in [-0.2, 0) is 24.2 Å². The summed E-state index contributed by atoms with van der Waals surface area (Å²) in [6, 6.07) is 13.5. The van der Waals surface area contributed by atoms with E-state index in [1.165, 1.54) is 26.0 Å². The lowest BCUT2D eigenvalue weighted by molar-refractivity contribution is -0.152. The van der Waals surface area contributed by atoms with Gasteiger partial charge in [-0.25, -0.2) is 14.8 Å². The number of carboxylic acids is 1. The van der Waals surface area contributed by atoms with Gasteiger partial charge in [0.2, 0.25) is 5.95 Å². The summed E-state index contributed by atoms with van der Waals surface area (Å²) in [5.41, 5.74) is -2.82. The fraction of sp³-hybridized carbons (Fsp3) is 0.346. The van der Waals surface area contributed by atoms with Crippen LogP contribution < -0.4 is 9.64 Å². The number of nitrogens with zero attached hydrogens (tertiary/aromatic N) is 3. The van der Waals surface area contributed by atoms with E-state index >= 15 is 0 Å². The number of alkyl halides is 3. The molecule has 0 saturated carbocycles. The number of carboxylic acid groups (broad SMARTS) is 1. The molecule has 6 nitrogen and oxygen atoms in total. The van der Waals surface area contributed by atoms with Crippen LogP contribution in [0.15, 0.2) is 65.8 Å². The molecule has 0 fully saturated rings. The second kappa shape index (κ2) is 11.6. The van der Waals surface area contributed by atoms with Crippen molar-refractivity contribution < 1.29 is 27.8 Å². The lowest BCUT2D eigenvalue weighted by Crippen LogP contribution is -2.37. The van der Waals surface area contributed by atoms with E-state index in [0.717, 1.165) is 23.1 Å². The molecule has 0 aliphatic rings. The van der Waals surface area contributed by atoms with E-state index in [4.69, 9.17) is 4.74 Å². The molecule has 0 aliphatic heterocycles. The third kappa shape index (κ3) is 8.15. The third-order valence-corrected chi connectivity index (χ3v) is 6.13. The first kappa shape index (κ1) is 27.3. The summed E-state index contributed by atoms with van der Waals surface area (Å²) in [5, 5.41) is 9.24. The first-order valence-corrected chi connectivity index (χ1v) is 12.2. The highest BCUT2D eigenvalue weighted by atomic mass is 32.2. The summed E-state index contributed by atoms with van der Waals surface area (Å²) in [7, 11) is 0. The number of carbonyl (C=O) groups is 1. The molecule has 3 aromatic rings. The monoisotopic (exact) mass is 519 g/mol. The molecule has 0 saturated heterocycles. The van der Waals surface area contributed by atoms with Crippen LogP contribution in [0.4, 0.5) is 19.1 Å². The molecule has 3 rings (SSSR count). The predicted molar refractivity (Wildman–Crippen MR) is 133 cm³/mol. The van der Waals surface area contributed by atoms with Crippen molar-refractivity contribution in [2.45, 2.75) is 56.2 Å². The van der Waals surface area contributed by atoms with E-state index in [-0.39, 0.29) is 16.7 Å². The average molecular weight is 520 g/mol. The number of anilines is 1. The Hall–Kier alpha value is -3.27. The highest BCUT2D eigenvalue weighted by molar-refractivity contribution is 8.00. The Morgan fingerprint density at radius 3 is 2.08 bits per heavy atom. The Labute approximate surface area is 212 Å². The van der Waals surface area contributed by atoms with Crippen LogP contribution in [0.1, 0.15) is 37.5 Å². The van der Waals surface area contributed by atoms with Gasteiger partial charge in [0.05, 0.1) is 0 Å². The van der Waals surface area contributed by atoms with Gasteiger partial charge >= 0.3 is 11.5 Å². The van der Waals surface area contributed by atoms with Crippen LogP contribution in [0.25, 0.3) is 0 Å². The molecule has 1 heterocycles. The lowest BCUT2D eigenvalue weighted by Gasteiger charge is -2.23. The zero-order valence-electron chi connectivity index (χ0n) is 20.2. The van der Waals surface area contributed by atoms with Gasteiger partial charge in [-0.05, 0) is 79.4 Å². The maximum atomic E-state index is 12.6. The molecule has 1 aromatic heterocycles. The van der Waals surface area contributed by atoms with Gasteiger partial charge in [-0.2, -0.15) is 13.2 Å². The fourth-order valence-electron chi connectivity index (χ4n) is 3.29. The number of thioether (sulfide) groups is 1. The second-order valence-electron chi connectivity index (χ2n) is 8.67. The van der Waals surface area contributed by atoms with Crippen molar-refractivity contribution in [2.24, 2.45) is 0 Å². The van der Waals surface area contributed by atoms with Gasteiger partial charge in [-0.15, -0.1) is 0 Å². The highest BCUT2D eigenvalue weighted by Crippen LogP contribution is 2.36. The molecule has 192 valence electrons. The topological polar surface area (TPSA) is 75.6 Å². The molecular weight excluding hydrogens is 491 g/mol. The Morgan fingerprint density at radius 1 is 0.972 bits per heavy atom. The molecule has 2 aromatic carbocycles. The van der Waals surface area contributed by atoms with Gasteiger partial charge in [0.1, 0.15) is 5.75 Å².